The molecule has 10 heteroatoms. The fraction of sp³-hybridized carbons (Fsp3) is 0.111. The van der Waals surface area contributed by atoms with Crippen LogP contribution < -0.4 is 10.1 Å². The van der Waals surface area contributed by atoms with Crippen molar-refractivity contribution in [1.82, 2.24) is 10.3 Å². The maximum Gasteiger partial charge on any atom is 0.416 e. The molecule has 3 aromatic carbocycles. The molecule has 0 fully saturated rings. The topological polar surface area (TPSA) is 51.2 Å². The Balaban J connectivity index is 1.90. The van der Waals surface area contributed by atoms with Gasteiger partial charge in [-0.1, -0.05) is 41.9 Å². The normalized spacial score (nSPS) is 13.0. The van der Waals surface area contributed by atoms with Crippen LogP contribution in [0.5, 0.6) is 5.75 Å². The second kappa shape index (κ2) is 10.6. The van der Waals surface area contributed by atoms with E-state index in [1.165, 1.54) is 30.5 Å². The summed E-state index contributed by atoms with van der Waals surface area (Å²) < 4.78 is 74.1. The predicted molar refractivity (Wildman–Crippen MR) is 127 cm³/mol. The van der Waals surface area contributed by atoms with Crippen molar-refractivity contribution in [2.45, 2.75) is 18.1 Å². The lowest BCUT2D eigenvalue weighted by atomic mass is 9.80. The third-order valence-electron chi connectivity index (χ3n) is 5.53. The summed E-state index contributed by atoms with van der Waals surface area (Å²) in [6.45, 7) is 0. The van der Waals surface area contributed by atoms with E-state index in [2.05, 4.69) is 10.3 Å². The van der Waals surface area contributed by atoms with E-state index in [0.29, 0.717) is 11.6 Å². The first-order valence-electron chi connectivity index (χ1n) is 10.8. The SMILES string of the molecule is O=C(NC(Cc1ccccc1)(c1cc(F)cc(C(F)(F)F)c1)c1ccc(Cl)cn1)Oc1ccc(F)cc1. The van der Waals surface area contributed by atoms with Gasteiger partial charge < -0.3 is 10.1 Å². The smallest absolute Gasteiger partial charge is 0.410 e. The maximum atomic E-state index is 14.6. The fourth-order valence-electron chi connectivity index (χ4n) is 3.86. The van der Waals surface area contributed by atoms with Gasteiger partial charge in [-0.05, 0) is 65.7 Å². The van der Waals surface area contributed by atoms with Crippen LogP contribution in [0, 0.1) is 11.6 Å². The van der Waals surface area contributed by atoms with Crippen molar-refractivity contribution in [3.8, 4) is 5.75 Å². The van der Waals surface area contributed by atoms with Crippen molar-refractivity contribution >= 4 is 17.7 Å². The number of hydrogen-bond donors (Lipinski definition) is 1. The van der Waals surface area contributed by atoms with Crippen LogP contribution in [0.4, 0.5) is 26.7 Å². The Bertz CT molecular complexity index is 1380. The van der Waals surface area contributed by atoms with Crippen molar-refractivity contribution < 1.29 is 31.5 Å². The lowest BCUT2D eigenvalue weighted by Gasteiger charge is -2.35. The average Bonchev–Trinajstić information content (AvgIpc) is 2.85. The Morgan fingerprint density at radius 2 is 1.54 bits per heavy atom. The second-order valence-electron chi connectivity index (χ2n) is 8.12. The van der Waals surface area contributed by atoms with E-state index in [0.717, 1.165) is 24.3 Å². The summed E-state index contributed by atoms with van der Waals surface area (Å²) in [4.78, 5) is 17.3. The minimum atomic E-state index is -4.86. The van der Waals surface area contributed by atoms with E-state index >= 15 is 0 Å². The number of rotatable bonds is 6. The van der Waals surface area contributed by atoms with Crippen molar-refractivity contribution in [1.29, 1.82) is 0 Å². The average molecular weight is 533 g/mol. The zero-order valence-electron chi connectivity index (χ0n) is 18.9. The molecule has 0 spiro atoms. The molecule has 37 heavy (non-hydrogen) atoms. The van der Waals surface area contributed by atoms with Gasteiger partial charge in [-0.25, -0.2) is 13.6 Å². The summed E-state index contributed by atoms with van der Waals surface area (Å²) in [5, 5.41) is 2.84. The Morgan fingerprint density at radius 1 is 0.865 bits per heavy atom. The second-order valence-corrected chi connectivity index (χ2v) is 8.56. The van der Waals surface area contributed by atoms with Gasteiger partial charge in [-0.2, -0.15) is 13.2 Å². The molecule has 0 aliphatic rings. The van der Waals surface area contributed by atoms with Gasteiger partial charge in [-0.3, -0.25) is 4.98 Å². The highest BCUT2D eigenvalue weighted by atomic mass is 35.5. The largest absolute Gasteiger partial charge is 0.416 e. The predicted octanol–water partition coefficient (Wildman–Crippen LogP) is 7.31. The Kier molecular flexibility index (Phi) is 7.45. The molecule has 4 nitrogen and oxygen atoms in total. The molecule has 0 radical (unpaired) electrons. The van der Waals surface area contributed by atoms with Gasteiger partial charge in [0.25, 0.3) is 0 Å². The number of nitrogens with zero attached hydrogens (tertiary/aromatic N) is 1. The molecule has 0 saturated carbocycles. The number of ether oxygens (including phenoxy) is 1. The Hall–Kier alpha value is -3.98. The minimum Gasteiger partial charge on any atom is -0.410 e. The monoisotopic (exact) mass is 532 g/mol. The number of alkyl halides is 3. The summed E-state index contributed by atoms with van der Waals surface area (Å²) >= 11 is 5.99. The van der Waals surface area contributed by atoms with Crippen LogP contribution >= 0.6 is 11.6 Å². The Morgan fingerprint density at radius 3 is 2.16 bits per heavy atom. The van der Waals surface area contributed by atoms with Gasteiger partial charge in [0.2, 0.25) is 0 Å². The van der Waals surface area contributed by atoms with E-state index in [-0.39, 0.29) is 28.5 Å². The number of benzene rings is 3. The van der Waals surface area contributed by atoms with Gasteiger partial charge in [-0.15, -0.1) is 0 Å². The zero-order valence-corrected chi connectivity index (χ0v) is 19.7. The highest BCUT2D eigenvalue weighted by Crippen LogP contribution is 2.38. The standard InChI is InChI=1S/C27H18ClF5N2O2/c28-20-6-11-24(34-16-20)26(15-17-4-2-1-3-5-17,18-12-19(27(31,32)33)14-22(30)13-18)35-25(36)37-23-9-7-21(29)8-10-23/h1-14,16H,15H2,(H,35,36). The van der Waals surface area contributed by atoms with Crippen LogP contribution in [0.1, 0.15) is 22.4 Å². The van der Waals surface area contributed by atoms with Crippen molar-refractivity contribution in [3.05, 3.63) is 130 Å². The van der Waals surface area contributed by atoms with Crippen LogP contribution in [0.3, 0.4) is 0 Å². The van der Waals surface area contributed by atoms with Crippen LogP contribution in [0.25, 0.3) is 0 Å². The molecule has 1 amide bonds. The quantitative estimate of drug-likeness (QED) is 0.265. The Labute approximate surface area is 213 Å². The minimum absolute atomic E-state index is 0.0215. The molecule has 1 aromatic heterocycles. The molecule has 1 atom stereocenters. The molecular weight excluding hydrogens is 515 g/mol. The molecule has 1 N–H and O–H groups in total. The molecule has 190 valence electrons. The molecule has 4 rings (SSSR count). The summed E-state index contributed by atoms with van der Waals surface area (Å²) in [5.74, 6) is -1.74. The first-order valence-corrected chi connectivity index (χ1v) is 11.2. The third kappa shape index (κ3) is 6.24. The summed E-state index contributed by atoms with van der Waals surface area (Å²) in [7, 11) is 0. The van der Waals surface area contributed by atoms with Crippen LogP contribution in [-0.2, 0) is 18.1 Å². The summed E-state index contributed by atoms with van der Waals surface area (Å²) in [5.41, 5.74) is -2.63. The first-order chi connectivity index (χ1) is 17.5. The highest BCUT2D eigenvalue weighted by Gasteiger charge is 2.41. The summed E-state index contributed by atoms with van der Waals surface area (Å²) in [6, 6.07) is 18.0. The number of hydrogen-bond acceptors (Lipinski definition) is 3. The third-order valence-corrected chi connectivity index (χ3v) is 5.76. The lowest BCUT2D eigenvalue weighted by Crippen LogP contribution is -2.50. The molecule has 0 aliphatic heterocycles. The number of carbonyl (C=O) groups is 1. The number of aromatic nitrogens is 1. The zero-order chi connectivity index (χ0) is 26.6. The number of halogens is 6. The van der Waals surface area contributed by atoms with Crippen molar-refractivity contribution in [2.24, 2.45) is 0 Å². The number of carbonyl (C=O) groups excluding carboxylic acids is 1. The van der Waals surface area contributed by atoms with E-state index in [4.69, 9.17) is 16.3 Å². The molecule has 1 heterocycles. The van der Waals surface area contributed by atoms with Gasteiger partial charge in [0, 0.05) is 12.6 Å². The molecule has 0 bridgehead atoms. The fourth-order valence-corrected chi connectivity index (χ4v) is 3.97. The number of pyridine rings is 1. The van der Waals surface area contributed by atoms with Gasteiger partial charge in [0.15, 0.2) is 0 Å². The molecule has 0 saturated heterocycles. The van der Waals surface area contributed by atoms with E-state index in [1.807, 2.05) is 0 Å². The van der Waals surface area contributed by atoms with Gasteiger partial charge in [0.05, 0.1) is 16.3 Å². The number of nitrogens with one attached hydrogen (secondary N) is 1. The summed E-state index contributed by atoms with van der Waals surface area (Å²) in [6.07, 6.45) is -4.82. The molecular formula is C27H18ClF5N2O2. The van der Waals surface area contributed by atoms with E-state index < -0.39 is 35.0 Å². The lowest BCUT2D eigenvalue weighted by molar-refractivity contribution is -0.137. The first kappa shape index (κ1) is 26.1. The van der Waals surface area contributed by atoms with Gasteiger partial charge >= 0.3 is 12.3 Å². The van der Waals surface area contributed by atoms with Crippen LogP contribution in [-0.4, -0.2) is 11.1 Å². The molecule has 1 unspecified atom stereocenters. The van der Waals surface area contributed by atoms with E-state index in [1.54, 1.807) is 30.3 Å². The van der Waals surface area contributed by atoms with Crippen molar-refractivity contribution in [2.75, 3.05) is 0 Å². The van der Waals surface area contributed by atoms with Crippen LogP contribution in [0.15, 0.2) is 91.1 Å². The van der Waals surface area contributed by atoms with E-state index in [9.17, 15) is 26.7 Å². The maximum absolute atomic E-state index is 14.6. The van der Waals surface area contributed by atoms with Gasteiger partial charge in [0.1, 0.15) is 22.9 Å². The molecule has 4 aromatic rings. The number of amides is 1. The highest BCUT2D eigenvalue weighted by molar-refractivity contribution is 6.30. The van der Waals surface area contributed by atoms with Crippen LogP contribution in [0.2, 0.25) is 5.02 Å². The molecule has 0 aliphatic carbocycles. The van der Waals surface area contributed by atoms with Crippen molar-refractivity contribution in [3.63, 3.8) is 0 Å².